The number of fused-ring (bicyclic) bond motifs is 2. The van der Waals surface area contributed by atoms with E-state index in [1.54, 1.807) is 34.9 Å². The summed E-state index contributed by atoms with van der Waals surface area (Å²) in [6.45, 7) is 3.07. The van der Waals surface area contributed by atoms with Crippen LogP contribution in [-0.4, -0.2) is 56.0 Å². The van der Waals surface area contributed by atoms with Crippen LogP contribution < -0.4 is 0 Å². The molecule has 0 amide bonds. The first-order valence-corrected chi connectivity index (χ1v) is 10.6. The Balaban J connectivity index is 1.70. The van der Waals surface area contributed by atoms with Crippen molar-refractivity contribution in [1.82, 2.24) is 14.2 Å². The summed E-state index contributed by atoms with van der Waals surface area (Å²) < 4.78 is 33.1. The van der Waals surface area contributed by atoms with Crippen LogP contribution in [0.2, 0.25) is 0 Å². The number of hydrogen-bond donors (Lipinski definition) is 0. The molecular formula is C17H21N3O3S2. The van der Waals surface area contributed by atoms with Crippen molar-refractivity contribution in [3.8, 4) is 0 Å². The number of hydrogen-bond acceptors (Lipinski definition) is 6. The van der Waals surface area contributed by atoms with E-state index >= 15 is 0 Å². The first-order valence-electron chi connectivity index (χ1n) is 8.30. The molecule has 0 saturated carbocycles. The largest absolute Gasteiger partial charge is 0.383 e. The topological polar surface area (TPSA) is 62.7 Å². The van der Waals surface area contributed by atoms with Crippen molar-refractivity contribution in [2.75, 3.05) is 33.4 Å². The molecule has 2 aliphatic heterocycles. The fourth-order valence-electron chi connectivity index (χ4n) is 4.02. The van der Waals surface area contributed by atoms with Gasteiger partial charge in [-0.05, 0) is 18.1 Å². The van der Waals surface area contributed by atoms with E-state index in [9.17, 15) is 8.42 Å². The maximum Gasteiger partial charge on any atom is 0.244 e. The van der Waals surface area contributed by atoms with Gasteiger partial charge < -0.3 is 4.74 Å². The molecule has 0 bridgehead atoms. The summed E-state index contributed by atoms with van der Waals surface area (Å²) in [6, 6.07) is 7.42. The molecule has 0 unspecified atom stereocenters. The fraction of sp³-hybridized carbons (Fsp3) is 0.471. The average Bonchev–Trinajstić information content (AvgIpc) is 3.29. The highest BCUT2D eigenvalue weighted by molar-refractivity contribution is 7.89. The van der Waals surface area contributed by atoms with Crippen LogP contribution in [0.15, 0.2) is 40.7 Å². The summed E-state index contributed by atoms with van der Waals surface area (Å²) in [7, 11) is -1.88. The van der Waals surface area contributed by atoms with Gasteiger partial charge in [0.1, 0.15) is 5.01 Å². The zero-order chi connectivity index (χ0) is 17.5. The van der Waals surface area contributed by atoms with Gasteiger partial charge in [0.2, 0.25) is 10.0 Å². The Morgan fingerprint density at radius 3 is 2.96 bits per heavy atom. The van der Waals surface area contributed by atoms with Gasteiger partial charge in [0, 0.05) is 38.3 Å². The maximum absolute atomic E-state index is 13.1. The average molecular weight is 380 g/mol. The second-order valence-electron chi connectivity index (χ2n) is 6.48. The highest BCUT2D eigenvalue weighted by Gasteiger charge is 2.56. The molecule has 1 aromatic carbocycles. The summed E-state index contributed by atoms with van der Waals surface area (Å²) in [5.41, 5.74) is 0.429. The third kappa shape index (κ3) is 2.72. The number of sulfonamides is 1. The summed E-state index contributed by atoms with van der Waals surface area (Å²) in [4.78, 5) is 7.11. The smallest absolute Gasteiger partial charge is 0.244 e. The monoisotopic (exact) mass is 379 g/mol. The molecule has 0 N–H and O–H groups in total. The van der Waals surface area contributed by atoms with Crippen molar-refractivity contribution in [3.05, 3.63) is 46.4 Å². The molecule has 4 rings (SSSR count). The highest BCUT2D eigenvalue weighted by atomic mass is 32.2. The molecule has 1 spiro atoms. The zero-order valence-electron chi connectivity index (χ0n) is 14.1. The van der Waals surface area contributed by atoms with E-state index in [1.165, 1.54) is 0 Å². The van der Waals surface area contributed by atoms with Crippen LogP contribution in [-0.2, 0) is 26.8 Å². The predicted molar refractivity (Wildman–Crippen MR) is 95.9 cm³/mol. The number of nitrogens with zero attached hydrogens (tertiary/aromatic N) is 3. The van der Waals surface area contributed by atoms with Crippen LogP contribution >= 0.6 is 11.3 Å². The number of likely N-dealkylation sites (tertiary alicyclic amines) is 1. The van der Waals surface area contributed by atoms with Crippen LogP contribution in [0.1, 0.15) is 17.0 Å². The van der Waals surface area contributed by atoms with E-state index in [2.05, 4.69) is 9.88 Å². The number of rotatable bonds is 5. The molecule has 25 heavy (non-hydrogen) atoms. The number of thiazole rings is 1. The minimum Gasteiger partial charge on any atom is -0.383 e. The van der Waals surface area contributed by atoms with Crippen molar-refractivity contribution in [2.45, 2.75) is 23.4 Å². The fourth-order valence-corrected chi connectivity index (χ4v) is 6.72. The Hall–Kier alpha value is -1.32. The number of aromatic nitrogens is 1. The SMILES string of the molecule is COCCN1[C@@]2(CCN(Cc3nccs3)C2)c2ccccc2S1(=O)=O. The van der Waals surface area contributed by atoms with Gasteiger partial charge in [-0.1, -0.05) is 18.2 Å². The Bertz CT molecular complexity index is 854. The van der Waals surface area contributed by atoms with Gasteiger partial charge in [0.15, 0.2) is 0 Å². The summed E-state index contributed by atoms with van der Waals surface area (Å²) in [5, 5.41) is 3.04. The summed E-state index contributed by atoms with van der Waals surface area (Å²) in [6.07, 6.45) is 2.60. The molecule has 2 aromatic rings. The van der Waals surface area contributed by atoms with E-state index in [0.29, 0.717) is 24.6 Å². The van der Waals surface area contributed by atoms with Crippen molar-refractivity contribution < 1.29 is 13.2 Å². The first kappa shape index (κ1) is 17.1. The molecule has 8 heteroatoms. The van der Waals surface area contributed by atoms with E-state index in [0.717, 1.165) is 30.1 Å². The molecule has 1 saturated heterocycles. The lowest BCUT2D eigenvalue weighted by atomic mass is 9.89. The van der Waals surface area contributed by atoms with Crippen molar-refractivity contribution >= 4 is 21.4 Å². The Labute approximate surface area is 152 Å². The van der Waals surface area contributed by atoms with E-state index < -0.39 is 15.6 Å². The van der Waals surface area contributed by atoms with Gasteiger partial charge in [-0.15, -0.1) is 11.3 Å². The van der Waals surface area contributed by atoms with Gasteiger partial charge in [0.05, 0.1) is 23.6 Å². The van der Waals surface area contributed by atoms with Crippen LogP contribution in [0.5, 0.6) is 0 Å². The van der Waals surface area contributed by atoms with Crippen LogP contribution in [0.4, 0.5) is 0 Å². The van der Waals surface area contributed by atoms with Gasteiger partial charge >= 0.3 is 0 Å². The molecule has 0 radical (unpaired) electrons. The molecule has 3 heterocycles. The molecule has 1 aromatic heterocycles. The standard InChI is InChI=1S/C17H21N3O3S2/c1-23-10-9-20-17(14-4-2-3-5-15(14)25(20,21)22)6-8-19(13-17)12-16-18-7-11-24-16/h2-5,7,11H,6,8-10,12-13H2,1H3/t17-/m1/s1. The minimum absolute atomic E-state index is 0.374. The van der Waals surface area contributed by atoms with Crippen molar-refractivity contribution in [1.29, 1.82) is 0 Å². The predicted octanol–water partition coefficient (Wildman–Crippen LogP) is 1.89. The van der Waals surface area contributed by atoms with Gasteiger partial charge in [-0.3, -0.25) is 4.90 Å². The van der Waals surface area contributed by atoms with E-state index in [1.807, 2.05) is 23.7 Å². The Kier molecular flexibility index (Phi) is 4.41. The lowest BCUT2D eigenvalue weighted by Gasteiger charge is -2.34. The van der Waals surface area contributed by atoms with Crippen molar-refractivity contribution in [2.24, 2.45) is 0 Å². The third-order valence-corrected chi connectivity index (χ3v) is 7.89. The lowest BCUT2D eigenvalue weighted by molar-refractivity contribution is 0.129. The van der Waals surface area contributed by atoms with Crippen molar-refractivity contribution in [3.63, 3.8) is 0 Å². The van der Waals surface area contributed by atoms with Gasteiger partial charge in [-0.25, -0.2) is 13.4 Å². The minimum atomic E-state index is -3.48. The summed E-state index contributed by atoms with van der Waals surface area (Å²) in [5.74, 6) is 0. The molecular weight excluding hydrogens is 358 g/mol. The van der Waals surface area contributed by atoms with E-state index in [4.69, 9.17) is 4.74 Å². The second-order valence-corrected chi connectivity index (χ2v) is 9.29. The van der Waals surface area contributed by atoms with Crippen LogP contribution in [0.25, 0.3) is 0 Å². The van der Waals surface area contributed by atoms with Gasteiger partial charge in [0.25, 0.3) is 0 Å². The first-order chi connectivity index (χ1) is 12.1. The second kappa shape index (κ2) is 6.44. The number of methoxy groups -OCH3 is 1. The Morgan fingerprint density at radius 1 is 1.36 bits per heavy atom. The van der Waals surface area contributed by atoms with Crippen LogP contribution in [0.3, 0.4) is 0 Å². The molecule has 2 aliphatic rings. The maximum atomic E-state index is 13.1. The summed E-state index contributed by atoms with van der Waals surface area (Å²) >= 11 is 1.64. The molecule has 1 fully saturated rings. The van der Waals surface area contributed by atoms with E-state index in [-0.39, 0.29) is 0 Å². The number of benzene rings is 1. The highest BCUT2D eigenvalue weighted by Crippen LogP contribution is 2.49. The normalized spacial score (nSPS) is 25.6. The third-order valence-electron chi connectivity index (χ3n) is 5.10. The quantitative estimate of drug-likeness (QED) is 0.794. The van der Waals surface area contributed by atoms with Crippen LogP contribution in [0, 0.1) is 0 Å². The molecule has 1 atom stereocenters. The number of ether oxygens (including phenoxy) is 1. The zero-order valence-corrected chi connectivity index (χ0v) is 15.7. The lowest BCUT2D eigenvalue weighted by Crippen LogP contribution is -2.47. The molecule has 6 nitrogen and oxygen atoms in total. The molecule has 0 aliphatic carbocycles. The Morgan fingerprint density at radius 2 is 2.20 bits per heavy atom. The van der Waals surface area contributed by atoms with Gasteiger partial charge in [-0.2, -0.15) is 4.31 Å². The molecule has 134 valence electrons.